The van der Waals surface area contributed by atoms with E-state index in [1.807, 2.05) is 0 Å². The maximum Gasteiger partial charge on any atom is 0.305 e. The van der Waals surface area contributed by atoms with Crippen LogP contribution < -0.4 is 5.32 Å². The second-order valence-electron chi connectivity index (χ2n) is 24.2. The highest BCUT2D eigenvalue weighted by Gasteiger charge is 2.20. The van der Waals surface area contributed by atoms with Crippen molar-refractivity contribution >= 4 is 11.9 Å². The molecule has 1 amide bonds. The minimum atomic E-state index is -0.663. The Hall–Kier alpha value is -1.14. The van der Waals surface area contributed by atoms with Crippen LogP contribution in [0.25, 0.3) is 0 Å². The summed E-state index contributed by atoms with van der Waals surface area (Å²) in [6.07, 6.45) is 78.6. The van der Waals surface area contributed by atoms with Gasteiger partial charge in [-0.25, -0.2) is 0 Å². The van der Waals surface area contributed by atoms with Crippen LogP contribution in [0.1, 0.15) is 406 Å². The Morgan fingerprint density at radius 3 is 0.813 bits per heavy atom. The fourth-order valence-corrected chi connectivity index (χ4v) is 11.4. The standard InChI is InChI=1S/C69H137NO5/c1-3-5-7-9-11-13-15-17-18-19-20-21-26-29-32-35-38-41-45-49-53-57-61-67(72)66(65-71)70-68(73)62-58-54-50-46-42-39-36-33-30-27-24-22-23-25-28-31-34-37-40-44-48-52-56-60-64-75-69(74)63-59-55-51-47-43-16-14-12-10-8-6-4-2/h66-67,71-72H,3-65H2,1-2H3,(H,70,73). The molecule has 0 spiro atoms. The van der Waals surface area contributed by atoms with Gasteiger partial charge < -0.3 is 20.3 Å². The first kappa shape index (κ1) is 73.9. The van der Waals surface area contributed by atoms with E-state index in [1.54, 1.807) is 0 Å². The van der Waals surface area contributed by atoms with Gasteiger partial charge in [-0.2, -0.15) is 0 Å². The molecule has 75 heavy (non-hydrogen) atoms. The van der Waals surface area contributed by atoms with E-state index in [2.05, 4.69) is 19.2 Å². The number of aliphatic hydroxyl groups excluding tert-OH is 2. The normalized spacial score (nSPS) is 12.4. The van der Waals surface area contributed by atoms with Crippen molar-refractivity contribution in [1.82, 2.24) is 5.32 Å². The van der Waals surface area contributed by atoms with Crippen molar-refractivity contribution in [1.29, 1.82) is 0 Å². The number of carbonyl (C=O) groups is 2. The second kappa shape index (κ2) is 65.4. The zero-order valence-electron chi connectivity index (χ0n) is 51.3. The van der Waals surface area contributed by atoms with Crippen LogP contribution in [0.5, 0.6) is 0 Å². The molecule has 6 heteroatoms. The maximum atomic E-state index is 12.5. The molecule has 0 rings (SSSR count). The molecule has 3 N–H and O–H groups in total. The van der Waals surface area contributed by atoms with Gasteiger partial charge in [-0.1, -0.05) is 367 Å². The lowest BCUT2D eigenvalue weighted by atomic mass is 10.0. The zero-order chi connectivity index (χ0) is 54.3. The van der Waals surface area contributed by atoms with Gasteiger partial charge >= 0.3 is 5.97 Å². The Labute approximate surface area is 470 Å². The highest BCUT2D eigenvalue weighted by Crippen LogP contribution is 2.19. The van der Waals surface area contributed by atoms with Crippen LogP contribution in [0.15, 0.2) is 0 Å². The van der Waals surface area contributed by atoms with E-state index >= 15 is 0 Å². The molecule has 0 heterocycles. The largest absolute Gasteiger partial charge is 0.466 e. The SMILES string of the molecule is CCCCCCCCCCCCCCCCCCCCCCCCC(O)C(CO)NC(=O)CCCCCCCCCCCCCCCCCCCCCCCCCCOC(=O)CCCCCCCCCCCCCC. The van der Waals surface area contributed by atoms with Crippen molar-refractivity contribution in [2.24, 2.45) is 0 Å². The van der Waals surface area contributed by atoms with Gasteiger partial charge in [-0.3, -0.25) is 9.59 Å². The molecule has 0 bridgehead atoms. The van der Waals surface area contributed by atoms with Crippen LogP contribution >= 0.6 is 0 Å². The van der Waals surface area contributed by atoms with Crippen molar-refractivity contribution in [2.75, 3.05) is 13.2 Å². The molecule has 0 saturated heterocycles. The number of amides is 1. The quantitative estimate of drug-likeness (QED) is 0.0417. The number of carbonyl (C=O) groups excluding carboxylic acids is 2. The van der Waals surface area contributed by atoms with Crippen molar-refractivity contribution in [3.05, 3.63) is 0 Å². The molecule has 0 aliphatic carbocycles. The van der Waals surface area contributed by atoms with Gasteiger partial charge in [0.25, 0.3) is 0 Å². The van der Waals surface area contributed by atoms with Crippen molar-refractivity contribution in [3.63, 3.8) is 0 Å². The lowest BCUT2D eigenvalue weighted by molar-refractivity contribution is -0.143. The number of hydrogen-bond donors (Lipinski definition) is 3. The fourth-order valence-electron chi connectivity index (χ4n) is 11.4. The van der Waals surface area contributed by atoms with Gasteiger partial charge in [0, 0.05) is 12.8 Å². The van der Waals surface area contributed by atoms with E-state index in [0.717, 1.165) is 38.5 Å². The average Bonchev–Trinajstić information content (AvgIpc) is 3.41. The van der Waals surface area contributed by atoms with E-state index in [4.69, 9.17) is 4.74 Å². The molecule has 2 unspecified atom stereocenters. The van der Waals surface area contributed by atoms with Crippen molar-refractivity contribution < 1.29 is 24.5 Å². The summed E-state index contributed by atoms with van der Waals surface area (Å²) in [5.74, 6) is -0.0107. The predicted molar refractivity (Wildman–Crippen MR) is 329 cm³/mol. The number of esters is 1. The molecule has 448 valence electrons. The summed E-state index contributed by atoms with van der Waals surface area (Å²) < 4.78 is 5.48. The molecule has 0 radical (unpaired) electrons. The lowest BCUT2D eigenvalue weighted by Gasteiger charge is -2.22. The highest BCUT2D eigenvalue weighted by molar-refractivity contribution is 5.76. The van der Waals surface area contributed by atoms with E-state index in [-0.39, 0.29) is 18.5 Å². The van der Waals surface area contributed by atoms with Crippen LogP contribution in [-0.2, 0) is 14.3 Å². The fraction of sp³-hybridized carbons (Fsp3) is 0.971. The Kier molecular flexibility index (Phi) is 64.4. The number of nitrogens with one attached hydrogen (secondary N) is 1. The number of unbranched alkanes of at least 4 members (excludes halogenated alkanes) is 55. The van der Waals surface area contributed by atoms with Crippen molar-refractivity contribution in [3.8, 4) is 0 Å². The Morgan fingerprint density at radius 2 is 0.547 bits per heavy atom. The molecule has 2 atom stereocenters. The maximum absolute atomic E-state index is 12.5. The number of ether oxygens (including phenoxy) is 1. The minimum Gasteiger partial charge on any atom is -0.466 e. The molecule has 0 aliphatic rings. The highest BCUT2D eigenvalue weighted by atomic mass is 16.5. The van der Waals surface area contributed by atoms with E-state index in [9.17, 15) is 19.8 Å². The second-order valence-corrected chi connectivity index (χ2v) is 24.2. The third-order valence-corrected chi connectivity index (χ3v) is 16.7. The van der Waals surface area contributed by atoms with Gasteiger partial charge in [0.05, 0.1) is 25.4 Å². The molecular weight excluding hydrogens is 923 g/mol. The first-order valence-corrected chi connectivity index (χ1v) is 34.8. The third-order valence-electron chi connectivity index (χ3n) is 16.7. The topological polar surface area (TPSA) is 95.9 Å². The van der Waals surface area contributed by atoms with Crippen molar-refractivity contribution in [2.45, 2.75) is 418 Å². The van der Waals surface area contributed by atoms with Gasteiger partial charge in [0.1, 0.15) is 0 Å². The van der Waals surface area contributed by atoms with Crippen LogP contribution in [0.4, 0.5) is 0 Å². The van der Waals surface area contributed by atoms with Gasteiger partial charge in [0.2, 0.25) is 5.91 Å². The van der Waals surface area contributed by atoms with Crippen LogP contribution in [-0.4, -0.2) is 47.4 Å². The van der Waals surface area contributed by atoms with E-state index < -0.39 is 12.1 Å². The zero-order valence-corrected chi connectivity index (χ0v) is 51.3. The first-order valence-electron chi connectivity index (χ1n) is 34.8. The molecule has 0 fully saturated rings. The predicted octanol–water partition coefficient (Wildman–Crippen LogP) is 22.2. The number of hydrogen-bond acceptors (Lipinski definition) is 5. The van der Waals surface area contributed by atoms with Crippen LogP contribution in [0.2, 0.25) is 0 Å². The van der Waals surface area contributed by atoms with Gasteiger partial charge in [-0.15, -0.1) is 0 Å². The molecule has 0 aliphatic heterocycles. The third kappa shape index (κ3) is 61.9. The Balaban J connectivity index is 3.36. The molecule has 0 aromatic carbocycles. The van der Waals surface area contributed by atoms with E-state index in [1.165, 1.54) is 334 Å². The lowest BCUT2D eigenvalue weighted by Crippen LogP contribution is -2.45. The summed E-state index contributed by atoms with van der Waals surface area (Å²) >= 11 is 0. The van der Waals surface area contributed by atoms with Crippen LogP contribution in [0, 0.1) is 0 Å². The van der Waals surface area contributed by atoms with E-state index in [0.29, 0.717) is 25.9 Å². The molecule has 6 nitrogen and oxygen atoms in total. The summed E-state index contributed by atoms with van der Waals surface area (Å²) in [5, 5.41) is 23.4. The summed E-state index contributed by atoms with van der Waals surface area (Å²) in [6, 6.07) is -0.540. The monoisotopic (exact) mass is 1060 g/mol. The summed E-state index contributed by atoms with van der Waals surface area (Å²) in [5.41, 5.74) is 0. The Morgan fingerprint density at radius 1 is 0.320 bits per heavy atom. The Bertz CT molecular complexity index is 1080. The molecular formula is C69H137NO5. The minimum absolute atomic E-state index is 0.0175. The molecule has 0 aromatic heterocycles. The first-order chi connectivity index (χ1) is 37.0. The number of aliphatic hydroxyl groups is 2. The molecule has 0 saturated carbocycles. The summed E-state index contributed by atoms with van der Waals surface area (Å²) in [6.45, 7) is 5.00. The van der Waals surface area contributed by atoms with Gasteiger partial charge in [0.15, 0.2) is 0 Å². The van der Waals surface area contributed by atoms with Gasteiger partial charge in [-0.05, 0) is 25.7 Å². The average molecular weight is 1060 g/mol. The summed E-state index contributed by atoms with van der Waals surface area (Å²) in [7, 11) is 0. The summed E-state index contributed by atoms with van der Waals surface area (Å²) in [4.78, 5) is 24.6. The van der Waals surface area contributed by atoms with Crippen LogP contribution in [0.3, 0.4) is 0 Å². The smallest absolute Gasteiger partial charge is 0.305 e. The number of rotatable bonds is 66. The molecule has 0 aromatic rings.